The summed E-state index contributed by atoms with van der Waals surface area (Å²) in [4.78, 5) is 15.5. The van der Waals surface area contributed by atoms with Gasteiger partial charge in [-0.05, 0) is 13.3 Å². The molecule has 0 aliphatic carbocycles. The SMILES string of the molecule is CCS(=O)(=O)CCCn1c(C(=O)OC)cnc1C. The van der Waals surface area contributed by atoms with Crippen LogP contribution in [0, 0.1) is 6.92 Å². The topological polar surface area (TPSA) is 78.3 Å². The Morgan fingerprint density at radius 3 is 2.72 bits per heavy atom. The first-order chi connectivity index (χ1) is 8.41. The standard InChI is InChI=1S/C11H18N2O4S/c1-4-18(15,16)7-5-6-13-9(2)12-8-10(13)11(14)17-3/h8H,4-7H2,1-3H3. The molecule has 0 bridgehead atoms. The van der Waals surface area contributed by atoms with E-state index in [1.165, 1.54) is 13.3 Å². The van der Waals surface area contributed by atoms with Crippen LogP contribution in [0.15, 0.2) is 6.20 Å². The minimum absolute atomic E-state index is 0.113. The summed E-state index contributed by atoms with van der Waals surface area (Å²) in [6, 6.07) is 0. The summed E-state index contributed by atoms with van der Waals surface area (Å²) in [6.45, 7) is 3.83. The van der Waals surface area contributed by atoms with Crippen molar-refractivity contribution in [2.24, 2.45) is 0 Å². The first-order valence-electron chi connectivity index (χ1n) is 5.72. The van der Waals surface area contributed by atoms with E-state index in [-0.39, 0.29) is 11.5 Å². The highest BCUT2D eigenvalue weighted by atomic mass is 32.2. The minimum atomic E-state index is -2.97. The van der Waals surface area contributed by atoms with Crippen LogP contribution in [0.25, 0.3) is 0 Å². The Hall–Kier alpha value is -1.37. The molecule has 0 atom stereocenters. The van der Waals surface area contributed by atoms with E-state index < -0.39 is 15.8 Å². The first kappa shape index (κ1) is 14.7. The van der Waals surface area contributed by atoms with E-state index in [4.69, 9.17) is 0 Å². The van der Waals surface area contributed by atoms with Crippen LogP contribution >= 0.6 is 0 Å². The number of carbonyl (C=O) groups excluding carboxylic acids is 1. The number of hydrogen-bond donors (Lipinski definition) is 0. The lowest BCUT2D eigenvalue weighted by Crippen LogP contribution is -2.15. The number of aryl methyl sites for hydroxylation is 1. The van der Waals surface area contributed by atoms with E-state index in [1.807, 2.05) is 0 Å². The lowest BCUT2D eigenvalue weighted by atomic mass is 10.4. The number of carbonyl (C=O) groups is 1. The fourth-order valence-corrected chi connectivity index (χ4v) is 2.46. The maximum Gasteiger partial charge on any atom is 0.356 e. The molecule has 0 amide bonds. The molecule has 0 N–H and O–H groups in total. The van der Waals surface area contributed by atoms with E-state index in [0.717, 1.165) is 0 Å². The van der Waals surface area contributed by atoms with Gasteiger partial charge in [0.1, 0.15) is 21.4 Å². The molecule has 18 heavy (non-hydrogen) atoms. The average Bonchev–Trinajstić information content (AvgIpc) is 2.70. The zero-order chi connectivity index (χ0) is 13.8. The van der Waals surface area contributed by atoms with Gasteiger partial charge in [0.25, 0.3) is 0 Å². The molecule has 0 saturated carbocycles. The fraction of sp³-hybridized carbons (Fsp3) is 0.636. The van der Waals surface area contributed by atoms with Gasteiger partial charge in [-0.3, -0.25) is 0 Å². The number of ether oxygens (including phenoxy) is 1. The Kier molecular flexibility index (Phi) is 4.89. The zero-order valence-corrected chi connectivity index (χ0v) is 11.7. The summed E-state index contributed by atoms with van der Waals surface area (Å²) < 4.78 is 29.1. The molecule has 1 rings (SSSR count). The van der Waals surface area contributed by atoms with Gasteiger partial charge in [0, 0.05) is 12.3 Å². The van der Waals surface area contributed by atoms with Crippen LogP contribution in [-0.2, 0) is 21.1 Å². The average molecular weight is 274 g/mol. The molecule has 0 fully saturated rings. The normalized spacial score (nSPS) is 11.5. The second kappa shape index (κ2) is 5.99. The largest absolute Gasteiger partial charge is 0.464 e. The van der Waals surface area contributed by atoms with Crippen LogP contribution in [-0.4, -0.2) is 42.6 Å². The van der Waals surface area contributed by atoms with Crippen LogP contribution in [0.5, 0.6) is 0 Å². The highest BCUT2D eigenvalue weighted by molar-refractivity contribution is 7.91. The van der Waals surface area contributed by atoms with Crippen molar-refractivity contribution in [1.82, 2.24) is 9.55 Å². The second-order valence-electron chi connectivity index (χ2n) is 3.92. The van der Waals surface area contributed by atoms with E-state index in [0.29, 0.717) is 24.5 Å². The summed E-state index contributed by atoms with van der Waals surface area (Å²) in [7, 11) is -1.67. The van der Waals surface area contributed by atoms with E-state index in [2.05, 4.69) is 9.72 Å². The Morgan fingerprint density at radius 1 is 1.50 bits per heavy atom. The molecule has 0 aromatic carbocycles. The summed E-state index contributed by atoms with van der Waals surface area (Å²) in [5, 5.41) is 0. The van der Waals surface area contributed by atoms with Crippen LogP contribution in [0.2, 0.25) is 0 Å². The Balaban J connectivity index is 2.73. The van der Waals surface area contributed by atoms with Crippen molar-refractivity contribution in [1.29, 1.82) is 0 Å². The molecule has 1 heterocycles. The first-order valence-corrected chi connectivity index (χ1v) is 7.54. The molecule has 1 aromatic heterocycles. The molecule has 0 radical (unpaired) electrons. The summed E-state index contributed by atoms with van der Waals surface area (Å²) in [5.41, 5.74) is 0.351. The van der Waals surface area contributed by atoms with E-state index >= 15 is 0 Å². The number of aromatic nitrogens is 2. The highest BCUT2D eigenvalue weighted by Gasteiger charge is 2.15. The monoisotopic (exact) mass is 274 g/mol. The lowest BCUT2D eigenvalue weighted by Gasteiger charge is -2.08. The van der Waals surface area contributed by atoms with Crippen LogP contribution < -0.4 is 0 Å². The molecule has 0 aliphatic rings. The molecular weight excluding hydrogens is 256 g/mol. The van der Waals surface area contributed by atoms with Crippen molar-refractivity contribution in [3.05, 3.63) is 17.7 Å². The van der Waals surface area contributed by atoms with Crippen molar-refractivity contribution in [3.8, 4) is 0 Å². The number of sulfone groups is 1. The molecular formula is C11H18N2O4S. The summed E-state index contributed by atoms with van der Waals surface area (Å²) >= 11 is 0. The predicted octanol–water partition coefficient (Wildman–Crippen LogP) is 0.803. The van der Waals surface area contributed by atoms with Gasteiger partial charge in [0.2, 0.25) is 0 Å². The molecule has 0 spiro atoms. The van der Waals surface area contributed by atoms with Gasteiger partial charge in [-0.25, -0.2) is 18.2 Å². The van der Waals surface area contributed by atoms with Crippen molar-refractivity contribution in [2.75, 3.05) is 18.6 Å². The van der Waals surface area contributed by atoms with Crippen LogP contribution in [0.4, 0.5) is 0 Å². The lowest BCUT2D eigenvalue weighted by molar-refractivity contribution is 0.0588. The number of methoxy groups -OCH3 is 1. The van der Waals surface area contributed by atoms with Crippen molar-refractivity contribution in [2.45, 2.75) is 26.8 Å². The quantitative estimate of drug-likeness (QED) is 0.717. The number of rotatable bonds is 6. The van der Waals surface area contributed by atoms with Crippen LogP contribution in [0.1, 0.15) is 29.7 Å². The van der Waals surface area contributed by atoms with Gasteiger partial charge < -0.3 is 9.30 Å². The molecule has 1 aromatic rings. The maximum absolute atomic E-state index is 11.5. The molecule has 0 unspecified atom stereocenters. The molecule has 102 valence electrons. The fourth-order valence-electron chi connectivity index (χ4n) is 1.60. The number of hydrogen-bond acceptors (Lipinski definition) is 5. The molecule has 0 saturated heterocycles. The smallest absolute Gasteiger partial charge is 0.356 e. The molecule has 0 aliphatic heterocycles. The number of esters is 1. The zero-order valence-electron chi connectivity index (χ0n) is 10.8. The van der Waals surface area contributed by atoms with E-state index in [1.54, 1.807) is 18.4 Å². The van der Waals surface area contributed by atoms with Gasteiger partial charge in [-0.1, -0.05) is 6.92 Å². The Bertz CT molecular complexity index is 519. The minimum Gasteiger partial charge on any atom is -0.464 e. The van der Waals surface area contributed by atoms with Gasteiger partial charge >= 0.3 is 5.97 Å². The second-order valence-corrected chi connectivity index (χ2v) is 6.40. The Labute approximate surface area is 107 Å². The molecule has 6 nitrogen and oxygen atoms in total. The van der Waals surface area contributed by atoms with Gasteiger partial charge in [0.15, 0.2) is 0 Å². The third-order valence-corrected chi connectivity index (χ3v) is 4.52. The number of imidazole rings is 1. The third-order valence-electron chi connectivity index (χ3n) is 2.73. The Morgan fingerprint density at radius 2 is 2.17 bits per heavy atom. The van der Waals surface area contributed by atoms with Crippen LogP contribution in [0.3, 0.4) is 0 Å². The van der Waals surface area contributed by atoms with Crippen molar-refractivity contribution < 1.29 is 17.9 Å². The van der Waals surface area contributed by atoms with Gasteiger partial charge in [-0.2, -0.15) is 0 Å². The maximum atomic E-state index is 11.5. The predicted molar refractivity (Wildman–Crippen MR) is 67.2 cm³/mol. The third kappa shape index (κ3) is 3.56. The number of nitrogens with zero attached hydrogens (tertiary/aromatic N) is 2. The van der Waals surface area contributed by atoms with Crippen molar-refractivity contribution in [3.63, 3.8) is 0 Å². The summed E-state index contributed by atoms with van der Waals surface area (Å²) in [6.07, 6.45) is 1.90. The van der Waals surface area contributed by atoms with Crippen molar-refractivity contribution >= 4 is 15.8 Å². The summed E-state index contributed by atoms with van der Waals surface area (Å²) in [5.74, 6) is 0.458. The van der Waals surface area contributed by atoms with Gasteiger partial charge in [0.05, 0.1) is 19.1 Å². The van der Waals surface area contributed by atoms with Gasteiger partial charge in [-0.15, -0.1) is 0 Å². The molecule has 7 heteroatoms. The highest BCUT2D eigenvalue weighted by Crippen LogP contribution is 2.08. The van der Waals surface area contributed by atoms with E-state index in [9.17, 15) is 13.2 Å².